The summed E-state index contributed by atoms with van der Waals surface area (Å²) in [6, 6.07) is 0. The number of hydrogen-bond acceptors (Lipinski definition) is 2. The topological polar surface area (TPSA) is 57.5 Å². The number of aliphatic carboxylic acids is 1. The van der Waals surface area contributed by atoms with Crippen LogP contribution in [0.3, 0.4) is 0 Å². The van der Waals surface area contributed by atoms with E-state index in [4.69, 9.17) is 5.11 Å². The van der Waals surface area contributed by atoms with Crippen molar-refractivity contribution in [2.45, 2.75) is 84.5 Å². The van der Waals surface area contributed by atoms with Crippen molar-refractivity contribution in [1.29, 1.82) is 0 Å². The van der Waals surface area contributed by atoms with E-state index in [-0.39, 0.29) is 5.76 Å². The predicted molar refractivity (Wildman–Crippen MR) is 84.0 cm³/mol. The van der Waals surface area contributed by atoms with Gasteiger partial charge in [0, 0.05) is 6.42 Å². The van der Waals surface area contributed by atoms with Gasteiger partial charge in [-0.05, 0) is 19.4 Å². The van der Waals surface area contributed by atoms with Crippen LogP contribution in [0, 0.1) is 5.92 Å². The average Bonchev–Trinajstić information content (AvgIpc) is 2.40. The van der Waals surface area contributed by atoms with Crippen molar-refractivity contribution >= 4 is 5.97 Å². The number of carboxylic acid groups (broad SMARTS) is 1. The molecule has 0 bridgehead atoms. The van der Waals surface area contributed by atoms with Gasteiger partial charge in [0.2, 0.25) is 0 Å². The standard InChI is InChI=1S/C17H32O3/c1-3-4-5-6-7-8-9-10-11-12-13-16(18)14-15(2)17(19)20/h14-15,18H,3-13H2,1-2H3,(H,19,20)/t15-/m1/s1. The van der Waals surface area contributed by atoms with Crippen molar-refractivity contribution in [2.24, 2.45) is 5.92 Å². The molecule has 0 aromatic carbocycles. The molecule has 0 spiro atoms. The molecule has 0 unspecified atom stereocenters. The predicted octanol–water partition coefficient (Wildman–Crippen LogP) is 5.46. The molecular weight excluding hydrogens is 252 g/mol. The van der Waals surface area contributed by atoms with E-state index in [1.807, 2.05) is 0 Å². The molecule has 20 heavy (non-hydrogen) atoms. The van der Waals surface area contributed by atoms with Gasteiger partial charge in [0.15, 0.2) is 0 Å². The van der Waals surface area contributed by atoms with Gasteiger partial charge in [-0.3, -0.25) is 4.79 Å². The fourth-order valence-corrected chi connectivity index (χ4v) is 2.24. The molecule has 1 atom stereocenters. The first-order valence-electron chi connectivity index (χ1n) is 8.20. The van der Waals surface area contributed by atoms with Crippen molar-refractivity contribution in [3.05, 3.63) is 11.8 Å². The van der Waals surface area contributed by atoms with Crippen LogP contribution in [0.5, 0.6) is 0 Å². The van der Waals surface area contributed by atoms with Crippen molar-refractivity contribution < 1.29 is 15.0 Å². The van der Waals surface area contributed by atoms with E-state index >= 15 is 0 Å². The summed E-state index contributed by atoms with van der Waals surface area (Å²) in [4.78, 5) is 10.6. The molecule has 0 rings (SSSR count). The number of carbonyl (C=O) groups is 1. The summed E-state index contributed by atoms with van der Waals surface area (Å²) in [5.41, 5.74) is 0. The van der Waals surface area contributed by atoms with Crippen LogP contribution < -0.4 is 0 Å². The summed E-state index contributed by atoms with van der Waals surface area (Å²) < 4.78 is 0. The van der Waals surface area contributed by atoms with E-state index in [0.29, 0.717) is 6.42 Å². The first-order valence-corrected chi connectivity index (χ1v) is 8.20. The quantitative estimate of drug-likeness (QED) is 0.349. The minimum Gasteiger partial charge on any atom is -0.513 e. The van der Waals surface area contributed by atoms with Crippen LogP contribution in [0.25, 0.3) is 0 Å². The summed E-state index contributed by atoms with van der Waals surface area (Å²) in [6.07, 6.45) is 14.7. The molecule has 3 nitrogen and oxygen atoms in total. The van der Waals surface area contributed by atoms with Crippen molar-refractivity contribution in [3.63, 3.8) is 0 Å². The molecule has 0 fully saturated rings. The lowest BCUT2D eigenvalue weighted by molar-refractivity contribution is -0.139. The molecule has 0 radical (unpaired) electrons. The molecule has 2 N–H and O–H groups in total. The molecule has 3 heteroatoms. The SMILES string of the molecule is CCCCCCCCCCCCC(O)=C[C@@H](C)C(=O)O. The first-order chi connectivity index (χ1) is 9.57. The molecule has 118 valence electrons. The average molecular weight is 284 g/mol. The first kappa shape index (κ1) is 19.0. The summed E-state index contributed by atoms with van der Waals surface area (Å²) in [7, 11) is 0. The molecule has 0 aliphatic heterocycles. The lowest BCUT2D eigenvalue weighted by atomic mass is 10.0. The van der Waals surface area contributed by atoms with Gasteiger partial charge < -0.3 is 10.2 Å². The van der Waals surface area contributed by atoms with Gasteiger partial charge in [-0.1, -0.05) is 64.7 Å². The van der Waals surface area contributed by atoms with Gasteiger partial charge in [0.05, 0.1) is 11.7 Å². The Hall–Kier alpha value is -0.990. The summed E-state index contributed by atoms with van der Waals surface area (Å²) in [5, 5.41) is 18.3. The van der Waals surface area contributed by atoms with E-state index in [1.54, 1.807) is 6.92 Å². The van der Waals surface area contributed by atoms with Crippen LogP contribution in [0.15, 0.2) is 11.8 Å². The highest BCUT2D eigenvalue weighted by Gasteiger charge is 2.08. The van der Waals surface area contributed by atoms with Crippen LogP contribution in [0.1, 0.15) is 84.5 Å². The zero-order valence-corrected chi connectivity index (χ0v) is 13.2. The molecule has 0 amide bonds. The Morgan fingerprint density at radius 2 is 1.35 bits per heavy atom. The Morgan fingerprint density at radius 3 is 1.80 bits per heavy atom. The minimum atomic E-state index is -0.889. The van der Waals surface area contributed by atoms with E-state index in [1.165, 1.54) is 57.4 Å². The Bertz CT molecular complexity index is 271. The van der Waals surface area contributed by atoms with Gasteiger partial charge in [0.25, 0.3) is 0 Å². The Balaban J connectivity index is 3.37. The largest absolute Gasteiger partial charge is 0.513 e. The summed E-state index contributed by atoms with van der Waals surface area (Å²) >= 11 is 0. The highest BCUT2D eigenvalue weighted by atomic mass is 16.4. The van der Waals surface area contributed by atoms with Crippen LogP contribution >= 0.6 is 0 Å². The van der Waals surface area contributed by atoms with Gasteiger partial charge >= 0.3 is 5.97 Å². The third-order valence-corrected chi connectivity index (χ3v) is 3.62. The Kier molecular flexibility index (Phi) is 12.4. The molecule has 0 heterocycles. The molecule has 0 saturated heterocycles. The highest BCUT2D eigenvalue weighted by molar-refractivity contribution is 5.71. The number of carboxylic acids is 1. The third-order valence-electron chi connectivity index (χ3n) is 3.62. The number of aliphatic hydroxyl groups excluding tert-OH is 1. The number of aliphatic hydroxyl groups is 1. The zero-order valence-electron chi connectivity index (χ0n) is 13.2. The van der Waals surface area contributed by atoms with Crippen molar-refractivity contribution in [2.75, 3.05) is 0 Å². The number of allylic oxidation sites excluding steroid dienone is 1. The maximum absolute atomic E-state index is 10.6. The Labute approximate surface area is 124 Å². The third kappa shape index (κ3) is 12.1. The second-order valence-electron chi connectivity index (χ2n) is 5.72. The number of unbranched alkanes of at least 4 members (excludes halogenated alkanes) is 9. The van der Waals surface area contributed by atoms with E-state index < -0.39 is 11.9 Å². The van der Waals surface area contributed by atoms with Gasteiger partial charge in [-0.2, -0.15) is 0 Å². The van der Waals surface area contributed by atoms with Gasteiger partial charge in [-0.25, -0.2) is 0 Å². The highest BCUT2D eigenvalue weighted by Crippen LogP contribution is 2.13. The van der Waals surface area contributed by atoms with Gasteiger partial charge in [-0.15, -0.1) is 0 Å². The molecule has 0 saturated carbocycles. The number of hydrogen-bond donors (Lipinski definition) is 2. The maximum atomic E-state index is 10.6. The molecule has 0 aliphatic carbocycles. The number of rotatable bonds is 13. The normalized spacial score (nSPS) is 13.4. The van der Waals surface area contributed by atoms with Crippen molar-refractivity contribution in [3.8, 4) is 0 Å². The molecular formula is C17H32O3. The second kappa shape index (κ2) is 13.0. The fraction of sp³-hybridized carbons (Fsp3) is 0.824. The summed E-state index contributed by atoms with van der Waals surface area (Å²) in [5.74, 6) is -1.27. The van der Waals surface area contributed by atoms with Crippen LogP contribution in [-0.4, -0.2) is 16.2 Å². The van der Waals surface area contributed by atoms with Crippen molar-refractivity contribution in [1.82, 2.24) is 0 Å². The lowest BCUT2D eigenvalue weighted by Gasteiger charge is -2.04. The minimum absolute atomic E-state index is 0.222. The molecule has 0 aliphatic rings. The van der Waals surface area contributed by atoms with Crippen LogP contribution in [0.2, 0.25) is 0 Å². The Morgan fingerprint density at radius 1 is 0.900 bits per heavy atom. The van der Waals surface area contributed by atoms with Gasteiger partial charge in [0.1, 0.15) is 0 Å². The maximum Gasteiger partial charge on any atom is 0.310 e. The molecule has 0 aromatic heterocycles. The second-order valence-corrected chi connectivity index (χ2v) is 5.72. The monoisotopic (exact) mass is 284 g/mol. The van der Waals surface area contributed by atoms with E-state index in [9.17, 15) is 9.90 Å². The van der Waals surface area contributed by atoms with Crippen LogP contribution in [-0.2, 0) is 4.79 Å². The zero-order chi connectivity index (χ0) is 15.2. The van der Waals surface area contributed by atoms with E-state index in [2.05, 4.69) is 6.92 Å². The smallest absolute Gasteiger partial charge is 0.310 e. The summed E-state index contributed by atoms with van der Waals surface area (Å²) in [6.45, 7) is 3.82. The fourth-order valence-electron chi connectivity index (χ4n) is 2.24. The van der Waals surface area contributed by atoms with E-state index in [0.717, 1.165) is 12.8 Å². The lowest BCUT2D eigenvalue weighted by Crippen LogP contribution is -2.07. The van der Waals surface area contributed by atoms with Crippen LogP contribution in [0.4, 0.5) is 0 Å². The molecule has 0 aromatic rings.